The van der Waals surface area contributed by atoms with Gasteiger partial charge in [-0.05, 0) is 37.1 Å². The van der Waals surface area contributed by atoms with Crippen molar-refractivity contribution < 1.29 is 9.53 Å². The number of rotatable bonds is 3. The highest BCUT2D eigenvalue weighted by molar-refractivity contribution is 5.96. The first-order valence-corrected chi connectivity index (χ1v) is 6.26. The summed E-state index contributed by atoms with van der Waals surface area (Å²) in [6, 6.07) is 5.82. The Hall–Kier alpha value is -1.55. The first-order chi connectivity index (χ1) is 8.65. The molecule has 1 aromatic rings. The SMILES string of the molecule is CNc1ccc(C(=O)N2CCC(OC)C2)c(C)c1. The third-order valence-electron chi connectivity index (χ3n) is 3.51. The van der Waals surface area contributed by atoms with Crippen molar-refractivity contribution in [2.24, 2.45) is 0 Å². The Morgan fingerprint density at radius 1 is 1.50 bits per heavy atom. The van der Waals surface area contributed by atoms with Crippen LogP contribution in [0.25, 0.3) is 0 Å². The molecular weight excluding hydrogens is 228 g/mol. The van der Waals surface area contributed by atoms with E-state index >= 15 is 0 Å². The molecule has 18 heavy (non-hydrogen) atoms. The van der Waals surface area contributed by atoms with Crippen molar-refractivity contribution in [1.82, 2.24) is 4.90 Å². The van der Waals surface area contributed by atoms with Crippen LogP contribution in [-0.4, -0.2) is 44.2 Å². The Labute approximate surface area is 108 Å². The van der Waals surface area contributed by atoms with E-state index in [2.05, 4.69) is 5.32 Å². The molecule has 0 aromatic heterocycles. The minimum absolute atomic E-state index is 0.106. The van der Waals surface area contributed by atoms with Crippen molar-refractivity contribution in [3.8, 4) is 0 Å². The van der Waals surface area contributed by atoms with Crippen LogP contribution in [0, 0.1) is 6.92 Å². The van der Waals surface area contributed by atoms with E-state index in [9.17, 15) is 4.79 Å². The fourth-order valence-corrected chi connectivity index (χ4v) is 2.33. The van der Waals surface area contributed by atoms with E-state index in [0.717, 1.165) is 29.8 Å². The summed E-state index contributed by atoms with van der Waals surface area (Å²) in [6.45, 7) is 3.45. The molecule has 0 aliphatic carbocycles. The van der Waals surface area contributed by atoms with Gasteiger partial charge in [0, 0.05) is 38.5 Å². The fraction of sp³-hybridized carbons (Fsp3) is 0.500. The normalized spacial score (nSPS) is 19.1. The summed E-state index contributed by atoms with van der Waals surface area (Å²) in [5, 5.41) is 3.07. The van der Waals surface area contributed by atoms with Crippen molar-refractivity contribution in [3.63, 3.8) is 0 Å². The van der Waals surface area contributed by atoms with Gasteiger partial charge >= 0.3 is 0 Å². The first-order valence-electron chi connectivity index (χ1n) is 6.26. The number of benzene rings is 1. The molecule has 1 heterocycles. The second-order valence-electron chi connectivity index (χ2n) is 4.68. The highest BCUT2D eigenvalue weighted by Gasteiger charge is 2.27. The number of nitrogens with zero attached hydrogens (tertiary/aromatic N) is 1. The van der Waals surface area contributed by atoms with Crippen LogP contribution in [0.5, 0.6) is 0 Å². The molecule has 1 N–H and O–H groups in total. The Balaban J connectivity index is 2.14. The molecular formula is C14H20N2O2. The number of anilines is 1. The lowest BCUT2D eigenvalue weighted by atomic mass is 10.1. The van der Waals surface area contributed by atoms with Gasteiger partial charge in [-0.3, -0.25) is 4.79 Å². The molecule has 0 saturated carbocycles. The topological polar surface area (TPSA) is 41.6 Å². The molecule has 1 fully saturated rings. The quantitative estimate of drug-likeness (QED) is 0.888. The molecule has 1 aliphatic heterocycles. The van der Waals surface area contributed by atoms with Crippen LogP contribution in [0.2, 0.25) is 0 Å². The first kappa shape index (κ1) is 12.9. The molecule has 1 atom stereocenters. The molecule has 0 bridgehead atoms. The maximum Gasteiger partial charge on any atom is 0.254 e. The van der Waals surface area contributed by atoms with Crippen LogP contribution >= 0.6 is 0 Å². The number of carbonyl (C=O) groups is 1. The molecule has 1 amide bonds. The van der Waals surface area contributed by atoms with Crippen LogP contribution in [0.1, 0.15) is 22.3 Å². The van der Waals surface area contributed by atoms with E-state index in [0.29, 0.717) is 6.54 Å². The maximum absolute atomic E-state index is 12.4. The van der Waals surface area contributed by atoms with Gasteiger partial charge < -0.3 is 15.0 Å². The van der Waals surface area contributed by atoms with Crippen LogP contribution in [-0.2, 0) is 4.74 Å². The number of amides is 1. The lowest BCUT2D eigenvalue weighted by Crippen LogP contribution is -2.30. The second-order valence-corrected chi connectivity index (χ2v) is 4.68. The summed E-state index contributed by atoms with van der Waals surface area (Å²) >= 11 is 0. The average Bonchev–Trinajstić information content (AvgIpc) is 2.86. The molecule has 1 saturated heterocycles. The highest BCUT2D eigenvalue weighted by atomic mass is 16.5. The molecule has 0 spiro atoms. The summed E-state index contributed by atoms with van der Waals surface area (Å²) in [5.74, 6) is 0.106. The Kier molecular flexibility index (Phi) is 3.87. The predicted molar refractivity (Wildman–Crippen MR) is 72.0 cm³/mol. The molecule has 4 heteroatoms. The van der Waals surface area contributed by atoms with Gasteiger partial charge in [-0.2, -0.15) is 0 Å². The van der Waals surface area contributed by atoms with E-state index in [1.54, 1.807) is 7.11 Å². The average molecular weight is 248 g/mol. The number of likely N-dealkylation sites (tertiary alicyclic amines) is 1. The standard InChI is InChI=1S/C14H20N2O2/c1-10-8-11(15-2)4-5-13(10)14(17)16-7-6-12(9-16)18-3/h4-5,8,12,15H,6-7,9H2,1-3H3. The minimum atomic E-state index is 0.106. The second kappa shape index (κ2) is 5.40. The van der Waals surface area contributed by atoms with Crippen LogP contribution in [0.3, 0.4) is 0 Å². The number of nitrogens with one attached hydrogen (secondary N) is 1. The van der Waals surface area contributed by atoms with Gasteiger partial charge in [0.05, 0.1) is 6.10 Å². The van der Waals surface area contributed by atoms with Gasteiger partial charge in [0.25, 0.3) is 5.91 Å². The summed E-state index contributed by atoms with van der Waals surface area (Å²) in [7, 11) is 3.57. The van der Waals surface area contributed by atoms with Gasteiger partial charge in [0.1, 0.15) is 0 Å². The smallest absolute Gasteiger partial charge is 0.254 e. The number of hydrogen-bond acceptors (Lipinski definition) is 3. The molecule has 98 valence electrons. The number of hydrogen-bond donors (Lipinski definition) is 1. The van der Waals surface area contributed by atoms with Crippen LogP contribution in [0.4, 0.5) is 5.69 Å². The van der Waals surface area contributed by atoms with Crippen molar-refractivity contribution in [1.29, 1.82) is 0 Å². The Morgan fingerprint density at radius 3 is 2.83 bits per heavy atom. The van der Waals surface area contributed by atoms with E-state index < -0.39 is 0 Å². The third-order valence-corrected chi connectivity index (χ3v) is 3.51. The van der Waals surface area contributed by atoms with Gasteiger partial charge in [0.15, 0.2) is 0 Å². The number of ether oxygens (including phenoxy) is 1. The lowest BCUT2D eigenvalue weighted by molar-refractivity contribution is 0.0723. The fourth-order valence-electron chi connectivity index (χ4n) is 2.33. The van der Waals surface area contributed by atoms with E-state index in [-0.39, 0.29) is 12.0 Å². The zero-order chi connectivity index (χ0) is 13.1. The zero-order valence-corrected chi connectivity index (χ0v) is 11.2. The van der Waals surface area contributed by atoms with Crippen molar-refractivity contribution in [2.75, 3.05) is 32.6 Å². The Bertz CT molecular complexity index is 445. The van der Waals surface area contributed by atoms with E-state index in [4.69, 9.17) is 4.74 Å². The molecule has 1 aromatic carbocycles. The predicted octanol–water partition coefficient (Wildman–Crippen LogP) is 1.90. The minimum Gasteiger partial charge on any atom is -0.388 e. The molecule has 0 radical (unpaired) electrons. The maximum atomic E-state index is 12.4. The summed E-state index contributed by atoms with van der Waals surface area (Å²) in [4.78, 5) is 14.2. The monoisotopic (exact) mass is 248 g/mol. The number of carbonyl (C=O) groups excluding carboxylic acids is 1. The summed E-state index contributed by atoms with van der Waals surface area (Å²) in [5.41, 5.74) is 2.82. The van der Waals surface area contributed by atoms with E-state index in [1.807, 2.05) is 37.1 Å². The molecule has 2 rings (SSSR count). The van der Waals surface area contributed by atoms with Gasteiger partial charge in [-0.25, -0.2) is 0 Å². The third kappa shape index (κ3) is 2.48. The van der Waals surface area contributed by atoms with Gasteiger partial charge in [-0.15, -0.1) is 0 Å². The van der Waals surface area contributed by atoms with E-state index in [1.165, 1.54) is 0 Å². The summed E-state index contributed by atoms with van der Waals surface area (Å²) < 4.78 is 5.29. The highest BCUT2D eigenvalue weighted by Crippen LogP contribution is 2.20. The molecule has 4 nitrogen and oxygen atoms in total. The lowest BCUT2D eigenvalue weighted by Gasteiger charge is -2.18. The largest absolute Gasteiger partial charge is 0.388 e. The van der Waals surface area contributed by atoms with Gasteiger partial charge in [0.2, 0.25) is 0 Å². The molecule has 1 unspecified atom stereocenters. The summed E-state index contributed by atoms with van der Waals surface area (Å²) in [6.07, 6.45) is 1.11. The van der Waals surface area contributed by atoms with Gasteiger partial charge in [-0.1, -0.05) is 0 Å². The number of aryl methyl sites for hydroxylation is 1. The number of methoxy groups -OCH3 is 1. The van der Waals surface area contributed by atoms with Crippen molar-refractivity contribution in [2.45, 2.75) is 19.4 Å². The molecule has 1 aliphatic rings. The van der Waals surface area contributed by atoms with Crippen LogP contribution in [0.15, 0.2) is 18.2 Å². The van der Waals surface area contributed by atoms with Crippen molar-refractivity contribution in [3.05, 3.63) is 29.3 Å². The van der Waals surface area contributed by atoms with Crippen molar-refractivity contribution >= 4 is 11.6 Å². The van der Waals surface area contributed by atoms with Crippen LogP contribution < -0.4 is 5.32 Å². The Morgan fingerprint density at radius 2 is 2.28 bits per heavy atom. The zero-order valence-electron chi connectivity index (χ0n) is 11.2.